The molecule has 0 fully saturated rings. The van der Waals surface area contributed by atoms with Gasteiger partial charge in [-0.2, -0.15) is 5.10 Å². The van der Waals surface area contributed by atoms with E-state index < -0.39 is 17.7 Å². The highest BCUT2D eigenvalue weighted by Crippen LogP contribution is 2.35. The molecule has 138 valence electrons. The third-order valence-corrected chi connectivity index (χ3v) is 4.56. The number of hydrazone groups is 1. The van der Waals surface area contributed by atoms with Crippen molar-refractivity contribution in [3.05, 3.63) is 65.5 Å². The number of benzene rings is 2. The molecule has 6 nitrogen and oxygen atoms in total. The molecular weight excluding hydrogens is 352 g/mol. The molecule has 1 atom stereocenters. The molecule has 2 amide bonds. The number of carbonyl (C=O) groups is 1. The molecule has 1 unspecified atom stereocenters. The van der Waals surface area contributed by atoms with Gasteiger partial charge < -0.3 is 9.88 Å². The Kier molecular flexibility index (Phi) is 4.10. The summed E-state index contributed by atoms with van der Waals surface area (Å²) in [5.74, 6) is -1.13. The SMILES string of the molecule is CN(C)C(=O)N1N=C(c2cc(F)ccc2F)CC1c1ccc2nc[nH]c2c1. The van der Waals surface area contributed by atoms with Crippen LogP contribution in [0.25, 0.3) is 11.0 Å². The van der Waals surface area contributed by atoms with E-state index >= 15 is 0 Å². The van der Waals surface area contributed by atoms with E-state index in [1.54, 1.807) is 20.4 Å². The van der Waals surface area contributed by atoms with Crippen molar-refractivity contribution in [2.45, 2.75) is 12.5 Å². The van der Waals surface area contributed by atoms with Gasteiger partial charge in [0.15, 0.2) is 0 Å². The monoisotopic (exact) mass is 369 g/mol. The minimum atomic E-state index is -0.572. The quantitative estimate of drug-likeness (QED) is 0.749. The predicted octanol–water partition coefficient (Wildman–Crippen LogP) is 3.67. The standard InChI is InChI=1S/C19H17F2N5O/c1-25(2)19(27)26-18(11-3-6-15-17(7-11)23-10-22-15)9-16(24-26)13-8-12(20)4-5-14(13)21/h3-8,10,18H,9H2,1-2H3,(H,22,23). The molecule has 3 aromatic rings. The molecule has 0 spiro atoms. The maximum absolute atomic E-state index is 14.2. The highest BCUT2D eigenvalue weighted by Gasteiger charge is 2.35. The van der Waals surface area contributed by atoms with Crippen LogP contribution in [0, 0.1) is 11.6 Å². The van der Waals surface area contributed by atoms with Crippen LogP contribution in [-0.4, -0.2) is 45.7 Å². The van der Waals surface area contributed by atoms with E-state index in [0.717, 1.165) is 34.8 Å². The van der Waals surface area contributed by atoms with Crippen LogP contribution >= 0.6 is 0 Å². The van der Waals surface area contributed by atoms with Crippen molar-refractivity contribution in [1.82, 2.24) is 19.9 Å². The highest BCUT2D eigenvalue weighted by atomic mass is 19.1. The number of fused-ring (bicyclic) bond motifs is 1. The second-order valence-corrected chi connectivity index (χ2v) is 6.59. The van der Waals surface area contributed by atoms with Crippen LogP contribution in [-0.2, 0) is 0 Å². The second kappa shape index (κ2) is 6.46. The Bertz CT molecular complexity index is 1060. The van der Waals surface area contributed by atoms with Crippen LogP contribution in [0.15, 0.2) is 47.8 Å². The highest BCUT2D eigenvalue weighted by molar-refractivity contribution is 6.03. The first-order valence-corrected chi connectivity index (χ1v) is 8.40. The second-order valence-electron chi connectivity index (χ2n) is 6.59. The number of H-pyrrole nitrogens is 1. The van der Waals surface area contributed by atoms with Gasteiger partial charge in [0.05, 0.1) is 29.1 Å². The topological polar surface area (TPSA) is 64.6 Å². The predicted molar refractivity (Wildman–Crippen MR) is 97.3 cm³/mol. The van der Waals surface area contributed by atoms with Gasteiger partial charge >= 0.3 is 6.03 Å². The van der Waals surface area contributed by atoms with E-state index in [2.05, 4.69) is 15.1 Å². The summed E-state index contributed by atoms with van der Waals surface area (Å²) in [6, 6.07) is 8.07. The van der Waals surface area contributed by atoms with E-state index in [4.69, 9.17) is 0 Å². The van der Waals surface area contributed by atoms with Crippen LogP contribution in [0.5, 0.6) is 0 Å². The molecule has 0 saturated heterocycles. The fraction of sp³-hybridized carbons (Fsp3) is 0.211. The number of carbonyl (C=O) groups excluding carboxylic acids is 1. The number of halogens is 2. The van der Waals surface area contributed by atoms with Gasteiger partial charge in [-0.15, -0.1) is 0 Å². The Morgan fingerprint density at radius 3 is 2.81 bits per heavy atom. The van der Waals surface area contributed by atoms with Gasteiger partial charge in [-0.3, -0.25) is 0 Å². The minimum absolute atomic E-state index is 0.0664. The Morgan fingerprint density at radius 2 is 2.04 bits per heavy atom. The summed E-state index contributed by atoms with van der Waals surface area (Å²) in [5.41, 5.74) is 2.86. The molecule has 8 heteroatoms. The summed E-state index contributed by atoms with van der Waals surface area (Å²) >= 11 is 0. The van der Waals surface area contributed by atoms with Crippen molar-refractivity contribution in [2.75, 3.05) is 14.1 Å². The van der Waals surface area contributed by atoms with Gasteiger partial charge in [0.1, 0.15) is 11.6 Å². The summed E-state index contributed by atoms with van der Waals surface area (Å²) in [4.78, 5) is 21.3. The first-order valence-electron chi connectivity index (χ1n) is 8.40. The first-order chi connectivity index (χ1) is 12.9. The smallest absolute Gasteiger partial charge is 0.340 e. The Hall–Kier alpha value is -3.29. The van der Waals surface area contributed by atoms with E-state index in [-0.39, 0.29) is 18.0 Å². The van der Waals surface area contributed by atoms with E-state index in [1.807, 2.05) is 18.2 Å². The molecule has 0 bridgehead atoms. The average Bonchev–Trinajstić information content (AvgIpc) is 3.29. The number of aromatic nitrogens is 2. The van der Waals surface area contributed by atoms with Crippen LogP contribution in [0.1, 0.15) is 23.6 Å². The minimum Gasteiger partial charge on any atom is -0.345 e. The Morgan fingerprint density at radius 1 is 1.22 bits per heavy atom. The van der Waals surface area contributed by atoms with Crippen molar-refractivity contribution in [2.24, 2.45) is 5.10 Å². The fourth-order valence-corrected chi connectivity index (χ4v) is 3.19. The average molecular weight is 369 g/mol. The fourth-order valence-electron chi connectivity index (χ4n) is 3.19. The largest absolute Gasteiger partial charge is 0.345 e. The summed E-state index contributed by atoms with van der Waals surface area (Å²) in [7, 11) is 3.24. The van der Waals surface area contributed by atoms with Gasteiger partial charge in [-0.05, 0) is 35.9 Å². The molecule has 2 heterocycles. The number of rotatable bonds is 2. The molecular formula is C19H17F2N5O. The first kappa shape index (κ1) is 17.1. The van der Waals surface area contributed by atoms with E-state index in [1.165, 1.54) is 9.91 Å². The molecule has 1 aliphatic rings. The number of hydrogen-bond acceptors (Lipinski definition) is 3. The van der Waals surface area contributed by atoms with Crippen LogP contribution in [0.4, 0.5) is 13.6 Å². The van der Waals surface area contributed by atoms with Crippen molar-refractivity contribution < 1.29 is 13.6 Å². The zero-order valence-electron chi connectivity index (χ0n) is 14.8. The number of nitrogens with zero attached hydrogens (tertiary/aromatic N) is 4. The molecule has 27 heavy (non-hydrogen) atoms. The molecule has 0 saturated carbocycles. The lowest BCUT2D eigenvalue weighted by molar-refractivity contribution is 0.159. The molecule has 1 aromatic heterocycles. The van der Waals surface area contributed by atoms with E-state index in [9.17, 15) is 13.6 Å². The lowest BCUT2D eigenvalue weighted by Crippen LogP contribution is -2.36. The summed E-state index contributed by atoms with van der Waals surface area (Å²) in [6.07, 6.45) is 1.87. The third kappa shape index (κ3) is 3.03. The number of nitrogens with one attached hydrogen (secondary N) is 1. The maximum Gasteiger partial charge on any atom is 0.340 e. The number of aromatic amines is 1. The molecule has 1 N–H and O–H groups in total. The Labute approximate surface area is 154 Å². The maximum atomic E-state index is 14.2. The summed E-state index contributed by atoms with van der Waals surface area (Å²) < 4.78 is 27.9. The van der Waals surface area contributed by atoms with Crippen LogP contribution < -0.4 is 0 Å². The Balaban J connectivity index is 1.77. The number of imidazole rings is 1. The van der Waals surface area contributed by atoms with Gasteiger partial charge in [0.25, 0.3) is 0 Å². The number of amides is 2. The molecule has 2 aromatic carbocycles. The van der Waals surface area contributed by atoms with Crippen molar-refractivity contribution in [3.8, 4) is 0 Å². The lowest BCUT2D eigenvalue weighted by atomic mass is 9.98. The molecule has 0 aliphatic carbocycles. The van der Waals surface area contributed by atoms with Gasteiger partial charge in [-0.25, -0.2) is 23.6 Å². The van der Waals surface area contributed by atoms with Gasteiger partial charge in [-0.1, -0.05) is 6.07 Å². The lowest BCUT2D eigenvalue weighted by Gasteiger charge is -2.25. The van der Waals surface area contributed by atoms with Crippen molar-refractivity contribution in [3.63, 3.8) is 0 Å². The third-order valence-electron chi connectivity index (χ3n) is 4.56. The van der Waals surface area contributed by atoms with Crippen LogP contribution in [0.3, 0.4) is 0 Å². The summed E-state index contributed by atoms with van der Waals surface area (Å²) in [6.45, 7) is 0. The zero-order valence-corrected chi connectivity index (χ0v) is 14.8. The van der Waals surface area contributed by atoms with Crippen LogP contribution in [0.2, 0.25) is 0 Å². The molecule has 4 rings (SSSR count). The summed E-state index contributed by atoms with van der Waals surface area (Å²) in [5, 5.41) is 5.65. The number of urea groups is 1. The normalized spacial score (nSPS) is 16.7. The van der Waals surface area contributed by atoms with Gasteiger partial charge in [0.2, 0.25) is 0 Å². The molecule has 0 radical (unpaired) electrons. The van der Waals surface area contributed by atoms with Gasteiger partial charge in [0, 0.05) is 26.1 Å². The van der Waals surface area contributed by atoms with E-state index in [0.29, 0.717) is 5.71 Å². The zero-order chi connectivity index (χ0) is 19.1. The van der Waals surface area contributed by atoms with Crippen molar-refractivity contribution >= 4 is 22.8 Å². The molecule has 1 aliphatic heterocycles. The van der Waals surface area contributed by atoms with Crippen molar-refractivity contribution in [1.29, 1.82) is 0 Å². The number of hydrogen-bond donors (Lipinski definition) is 1.